The molecule has 0 amide bonds. The highest BCUT2D eigenvalue weighted by Crippen LogP contribution is 2.28. The highest BCUT2D eigenvalue weighted by Gasteiger charge is 2.28. The summed E-state index contributed by atoms with van der Waals surface area (Å²) in [7, 11) is 2.21. The van der Waals surface area contributed by atoms with Crippen LogP contribution in [-0.2, 0) is 0 Å². The summed E-state index contributed by atoms with van der Waals surface area (Å²) < 4.78 is 0. The third-order valence-electron chi connectivity index (χ3n) is 3.12. The average molecular weight is 182 g/mol. The van der Waals surface area contributed by atoms with E-state index in [0.717, 1.165) is 25.0 Å². The average Bonchev–Trinajstić information content (AvgIpc) is 2.61. The van der Waals surface area contributed by atoms with Gasteiger partial charge in [0.2, 0.25) is 0 Å². The summed E-state index contributed by atoms with van der Waals surface area (Å²) in [6.45, 7) is 3.99. The zero-order chi connectivity index (χ0) is 9.68. The summed E-state index contributed by atoms with van der Waals surface area (Å²) in [4.78, 5) is 2.44. The van der Waals surface area contributed by atoms with Crippen molar-refractivity contribution in [3.05, 3.63) is 12.2 Å². The second-order valence-electron chi connectivity index (χ2n) is 4.00. The summed E-state index contributed by atoms with van der Waals surface area (Å²) in [6.07, 6.45) is 8.33. The second-order valence-corrected chi connectivity index (χ2v) is 4.00. The number of hydrogen-bond donors (Lipinski definition) is 1. The molecule has 2 unspecified atom stereocenters. The van der Waals surface area contributed by atoms with E-state index in [1.54, 1.807) is 0 Å². The standard InChI is InChI=1S/C11H22N2/c1-3-4-8-13(2)11-7-5-6-10(11)9-12/h3-4,10-11H,5-9,12H2,1-2H3. The molecule has 2 N–H and O–H groups in total. The summed E-state index contributed by atoms with van der Waals surface area (Å²) >= 11 is 0. The first-order chi connectivity index (χ1) is 6.29. The van der Waals surface area contributed by atoms with E-state index in [-0.39, 0.29) is 0 Å². The van der Waals surface area contributed by atoms with E-state index >= 15 is 0 Å². The fraction of sp³-hybridized carbons (Fsp3) is 0.818. The van der Waals surface area contributed by atoms with Crippen LogP contribution < -0.4 is 5.73 Å². The molecule has 0 spiro atoms. The number of rotatable bonds is 4. The monoisotopic (exact) mass is 182 g/mol. The third-order valence-corrected chi connectivity index (χ3v) is 3.12. The molecule has 1 aliphatic carbocycles. The number of allylic oxidation sites excluding steroid dienone is 1. The molecule has 0 aromatic heterocycles. The first kappa shape index (κ1) is 10.7. The summed E-state index contributed by atoms with van der Waals surface area (Å²) in [5.74, 6) is 0.732. The fourth-order valence-corrected chi connectivity index (χ4v) is 2.28. The van der Waals surface area contributed by atoms with Crippen LogP contribution in [0, 0.1) is 5.92 Å². The predicted molar refractivity (Wildman–Crippen MR) is 57.6 cm³/mol. The molecule has 0 aromatic carbocycles. The number of nitrogens with zero attached hydrogens (tertiary/aromatic N) is 1. The molecule has 1 rings (SSSR count). The molecule has 1 fully saturated rings. The van der Waals surface area contributed by atoms with E-state index in [1.165, 1.54) is 19.3 Å². The highest BCUT2D eigenvalue weighted by molar-refractivity contribution is 4.88. The molecule has 0 saturated heterocycles. The normalized spacial score (nSPS) is 29.2. The summed E-state index contributed by atoms with van der Waals surface area (Å²) in [5, 5.41) is 0. The zero-order valence-corrected chi connectivity index (χ0v) is 8.87. The maximum atomic E-state index is 5.75. The van der Waals surface area contributed by atoms with E-state index < -0.39 is 0 Å². The molecule has 0 aromatic rings. The van der Waals surface area contributed by atoms with Gasteiger partial charge in [-0.3, -0.25) is 4.90 Å². The van der Waals surface area contributed by atoms with Gasteiger partial charge in [-0.05, 0) is 39.3 Å². The van der Waals surface area contributed by atoms with Gasteiger partial charge < -0.3 is 5.73 Å². The maximum Gasteiger partial charge on any atom is 0.0163 e. The van der Waals surface area contributed by atoms with Gasteiger partial charge in [0, 0.05) is 12.6 Å². The lowest BCUT2D eigenvalue weighted by Gasteiger charge is -2.27. The molecule has 0 bridgehead atoms. The lowest BCUT2D eigenvalue weighted by Crippen LogP contribution is -2.37. The van der Waals surface area contributed by atoms with Crippen molar-refractivity contribution in [2.24, 2.45) is 11.7 Å². The summed E-state index contributed by atoms with van der Waals surface area (Å²) in [5.41, 5.74) is 5.75. The van der Waals surface area contributed by atoms with Crippen molar-refractivity contribution < 1.29 is 0 Å². The molecule has 2 heteroatoms. The van der Waals surface area contributed by atoms with Crippen molar-refractivity contribution in [3.8, 4) is 0 Å². The maximum absolute atomic E-state index is 5.75. The summed E-state index contributed by atoms with van der Waals surface area (Å²) in [6, 6.07) is 0.723. The molecular weight excluding hydrogens is 160 g/mol. The van der Waals surface area contributed by atoms with Crippen molar-refractivity contribution in [2.45, 2.75) is 32.2 Å². The highest BCUT2D eigenvalue weighted by atomic mass is 15.1. The number of hydrogen-bond acceptors (Lipinski definition) is 2. The molecule has 2 nitrogen and oxygen atoms in total. The van der Waals surface area contributed by atoms with Gasteiger partial charge in [0.05, 0.1) is 0 Å². The van der Waals surface area contributed by atoms with E-state index in [1.807, 2.05) is 0 Å². The first-order valence-corrected chi connectivity index (χ1v) is 5.31. The molecule has 1 aliphatic rings. The van der Waals surface area contributed by atoms with Crippen molar-refractivity contribution in [1.29, 1.82) is 0 Å². The van der Waals surface area contributed by atoms with Crippen LogP contribution in [0.1, 0.15) is 26.2 Å². The Morgan fingerprint density at radius 1 is 1.46 bits per heavy atom. The third kappa shape index (κ3) is 2.82. The Bertz CT molecular complexity index is 165. The van der Waals surface area contributed by atoms with E-state index in [4.69, 9.17) is 5.73 Å². The van der Waals surface area contributed by atoms with Crippen LogP contribution in [0.2, 0.25) is 0 Å². The van der Waals surface area contributed by atoms with Crippen molar-refractivity contribution in [1.82, 2.24) is 4.90 Å². The Labute approximate surface area is 81.8 Å². The van der Waals surface area contributed by atoms with Gasteiger partial charge in [0.25, 0.3) is 0 Å². The quantitative estimate of drug-likeness (QED) is 0.669. The minimum absolute atomic E-state index is 0.723. The molecule has 1 saturated carbocycles. The lowest BCUT2D eigenvalue weighted by atomic mass is 10.0. The van der Waals surface area contributed by atoms with E-state index in [2.05, 4.69) is 31.0 Å². The fourth-order valence-electron chi connectivity index (χ4n) is 2.28. The Morgan fingerprint density at radius 2 is 2.23 bits per heavy atom. The smallest absolute Gasteiger partial charge is 0.0163 e. The van der Waals surface area contributed by atoms with Crippen molar-refractivity contribution in [2.75, 3.05) is 20.1 Å². The topological polar surface area (TPSA) is 29.3 Å². The van der Waals surface area contributed by atoms with E-state index in [0.29, 0.717) is 0 Å². The minimum Gasteiger partial charge on any atom is -0.330 e. The molecule has 2 atom stereocenters. The second kappa shape index (κ2) is 5.40. The van der Waals surface area contributed by atoms with Gasteiger partial charge in [-0.25, -0.2) is 0 Å². The number of likely N-dealkylation sites (N-methyl/N-ethyl adjacent to an activating group) is 1. The van der Waals surface area contributed by atoms with Crippen LogP contribution in [-0.4, -0.2) is 31.1 Å². The van der Waals surface area contributed by atoms with Crippen LogP contribution in [0.3, 0.4) is 0 Å². The van der Waals surface area contributed by atoms with Gasteiger partial charge in [0.15, 0.2) is 0 Å². The SMILES string of the molecule is CC=CCN(C)C1CCCC1CN. The molecule has 0 radical (unpaired) electrons. The Morgan fingerprint density at radius 3 is 2.85 bits per heavy atom. The molecular formula is C11H22N2. The Kier molecular flexibility index (Phi) is 4.46. The minimum atomic E-state index is 0.723. The predicted octanol–water partition coefficient (Wildman–Crippen LogP) is 1.62. The first-order valence-electron chi connectivity index (χ1n) is 5.31. The van der Waals surface area contributed by atoms with Gasteiger partial charge >= 0.3 is 0 Å². The van der Waals surface area contributed by atoms with Crippen LogP contribution in [0.4, 0.5) is 0 Å². The Hall–Kier alpha value is -0.340. The Balaban J connectivity index is 2.40. The van der Waals surface area contributed by atoms with Gasteiger partial charge in [-0.2, -0.15) is 0 Å². The molecule has 76 valence electrons. The van der Waals surface area contributed by atoms with Crippen LogP contribution in [0.25, 0.3) is 0 Å². The van der Waals surface area contributed by atoms with Crippen molar-refractivity contribution in [3.63, 3.8) is 0 Å². The van der Waals surface area contributed by atoms with E-state index in [9.17, 15) is 0 Å². The zero-order valence-electron chi connectivity index (χ0n) is 8.87. The van der Waals surface area contributed by atoms with Gasteiger partial charge in [-0.15, -0.1) is 0 Å². The largest absolute Gasteiger partial charge is 0.330 e. The molecule has 13 heavy (non-hydrogen) atoms. The lowest BCUT2D eigenvalue weighted by molar-refractivity contribution is 0.219. The molecule has 0 heterocycles. The molecule has 0 aliphatic heterocycles. The number of nitrogens with two attached hydrogens (primary N) is 1. The van der Waals surface area contributed by atoms with Crippen LogP contribution >= 0.6 is 0 Å². The van der Waals surface area contributed by atoms with Gasteiger partial charge in [-0.1, -0.05) is 18.6 Å². The van der Waals surface area contributed by atoms with Gasteiger partial charge in [0.1, 0.15) is 0 Å². The van der Waals surface area contributed by atoms with Crippen molar-refractivity contribution >= 4 is 0 Å². The van der Waals surface area contributed by atoms with Crippen LogP contribution in [0.15, 0.2) is 12.2 Å². The van der Waals surface area contributed by atoms with Crippen LogP contribution in [0.5, 0.6) is 0 Å².